The number of methoxy groups -OCH3 is 1. The fourth-order valence-electron chi connectivity index (χ4n) is 5.88. The molecule has 15 heteroatoms. The zero-order valence-electron chi connectivity index (χ0n) is 24.5. The van der Waals surface area contributed by atoms with Crippen molar-refractivity contribution in [1.82, 2.24) is 24.3 Å². The van der Waals surface area contributed by atoms with Crippen molar-refractivity contribution in [2.45, 2.75) is 44.1 Å². The number of morpholine rings is 1. The number of hydrogen-bond acceptors (Lipinski definition) is 9. The first kappa shape index (κ1) is 31.0. The molecule has 2 aliphatic heterocycles. The number of aromatic nitrogens is 4. The Labute approximate surface area is 261 Å². The van der Waals surface area contributed by atoms with Crippen LogP contribution < -0.4 is 15.8 Å². The van der Waals surface area contributed by atoms with E-state index in [1.54, 1.807) is 10.5 Å². The Morgan fingerprint density at radius 3 is 2.69 bits per heavy atom. The van der Waals surface area contributed by atoms with Gasteiger partial charge in [-0.25, -0.2) is 15.0 Å². The van der Waals surface area contributed by atoms with Gasteiger partial charge in [0.05, 0.1) is 25.5 Å². The molecule has 2 aliphatic rings. The number of fused-ring (bicyclic) bond motifs is 1. The van der Waals surface area contributed by atoms with Crippen LogP contribution in [0.15, 0.2) is 42.7 Å². The van der Waals surface area contributed by atoms with Crippen LogP contribution in [0.5, 0.6) is 5.75 Å². The summed E-state index contributed by atoms with van der Waals surface area (Å²) in [5, 5.41) is 2.70. The van der Waals surface area contributed by atoms with Gasteiger partial charge in [-0.3, -0.25) is 14.1 Å². The fraction of sp³-hybridized carbons (Fsp3) is 0.400. The summed E-state index contributed by atoms with van der Waals surface area (Å²) >= 11 is 6.68. The summed E-state index contributed by atoms with van der Waals surface area (Å²) in [7, 11) is 1.43. The number of nitrogens with zero attached hydrogens (tertiary/aromatic N) is 5. The number of carbonyl (C=O) groups excluding carboxylic acids is 1. The molecule has 2 saturated heterocycles. The quantitative estimate of drug-likeness (QED) is 0.289. The lowest BCUT2D eigenvalue weighted by Crippen LogP contribution is -2.52. The summed E-state index contributed by atoms with van der Waals surface area (Å²) in [6.07, 6.45) is -0.713. The number of rotatable bonds is 6. The second-order valence-electron chi connectivity index (χ2n) is 11.0. The van der Waals surface area contributed by atoms with Gasteiger partial charge in [0.15, 0.2) is 0 Å². The highest BCUT2D eigenvalue weighted by Gasteiger charge is 2.36. The Kier molecular flexibility index (Phi) is 8.57. The second kappa shape index (κ2) is 12.4. The molecule has 0 aliphatic carbocycles. The van der Waals surface area contributed by atoms with E-state index in [2.05, 4.69) is 27.1 Å². The van der Waals surface area contributed by atoms with Crippen LogP contribution in [0.2, 0.25) is 5.15 Å². The summed E-state index contributed by atoms with van der Waals surface area (Å²) in [6, 6.07) is 6.75. The highest BCUT2D eigenvalue weighted by molar-refractivity contribution is 6.30. The predicted octanol–water partition coefficient (Wildman–Crippen LogP) is 5.25. The van der Waals surface area contributed by atoms with E-state index in [1.165, 1.54) is 25.4 Å². The second-order valence-corrected chi connectivity index (χ2v) is 11.4. The maximum atomic E-state index is 13.1. The van der Waals surface area contributed by atoms with Crippen LogP contribution in [0, 0.1) is 0 Å². The van der Waals surface area contributed by atoms with Crippen molar-refractivity contribution in [1.29, 1.82) is 0 Å². The minimum atomic E-state index is -4.58. The Hall–Kier alpha value is -3.98. The number of benzene rings is 1. The van der Waals surface area contributed by atoms with E-state index in [-0.39, 0.29) is 34.1 Å². The van der Waals surface area contributed by atoms with Crippen molar-refractivity contribution in [3.8, 4) is 17.0 Å². The molecule has 0 bridgehead atoms. The molecule has 2 fully saturated rings. The number of nitrogens with one attached hydrogen (secondary N) is 1. The van der Waals surface area contributed by atoms with E-state index in [4.69, 9.17) is 36.5 Å². The number of nitrogen functional groups attached to an aromatic ring is 1. The van der Waals surface area contributed by atoms with Gasteiger partial charge in [0.2, 0.25) is 0 Å². The molecule has 3 N–H and O–H groups in total. The number of hydrogen-bond donors (Lipinski definition) is 2. The van der Waals surface area contributed by atoms with Gasteiger partial charge in [-0.2, -0.15) is 13.2 Å². The molecule has 0 spiro atoms. The lowest BCUT2D eigenvalue weighted by atomic mass is 10.0. The molecular formula is C30H31ClF3N7O4. The molecular weight excluding hydrogens is 615 g/mol. The summed E-state index contributed by atoms with van der Waals surface area (Å²) in [4.78, 5) is 28.5. The number of ether oxygens (including phenoxy) is 3. The highest BCUT2D eigenvalue weighted by Crippen LogP contribution is 2.39. The van der Waals surface area contributed by atoms with Gasteiger partial charge in [-0.1, -0.05) is 11.6 Å². The van der Waals surface area contributed by atoms with E-state index in [0.717, 1.165) is 31.2 Å². The van der Waals surface area contributed by atoms with E-state index in [0.29, 0.717) is 55.0 Å². The van der Waals surface area contributed by atoms with Gasteiger partial charge in [0.25, 0.3) is 5.91 Å². The third-order valence-electron chi connectivity index (χ3n) is 8.15. The van der Waals surface area contributed by atoms with E-state index in [9.17, 15) is 18.0 Å². The number of amides is 1. The lowest BCUT2D eigenvalue weighted by molar-refractivity contribution is -0.137. The maximum absolute atomic E-state index is 13.1. The zero-order valence-corrected chi connectivity index (χ0v) is 25.2. The van der Waals surface area contributed by atoms with Crippen LogP contribution in [0.25, 0.3) is 16.8 Å². The number of alkyl halides is 3. The number of carbonyl (C=O) groups is 1. The van der Waals surface area contributed by atoms with Gasteiger partial charge in [0.1, 0.15) is 45.7 Å². The third-order valence-corrected chi connectivity index (χ3v) is 8.41. The summed E-state index contributed by atoms with van der Waals surface area (Å²) < 4.78 is 58.7. The van der Waals surface area contributed by atoms with E-state index in [1.807, 2.05) is 0 Å². The Bertz CT molecular complexity index is 1730. The van der Waals surface area contributed by atoms with Crippen molar-refractivity contribution in [3.05, 3.63) is 64.8 Å². The first-order chi connectivity index (χ1) is 21.5. The van der Waals surface area contributed by atoms with Gasteiger partial charge >= 0.3 is 6.18 Å². The molecule has 11 nitrogen and oxygen atoms in total. The van der Waals surface area contributed by atoms with E-state index >= 15 is 0 Å². The van der Waals surface area contributed by atoms with Crippen LogP contribution >= 0.6 is 11.6 Å². The third kappa shape index (κ3) is 6.15. The van der Waals surface area contributed by atoms with Crippen LogP contribution in [-0.2, 0) is 15.7 Å². The number of nitrogens with two attached hydrogens (primary N) is 1. The zero-order chi connectivity index (χ0) is 31.9. The average Bonchev–Trinajstić information content (AvgIpc) is 3.45. The monoisotopic (exact) mass is 645 g/mol. The van der Waals surface area contributed by atoms with Crippen LogP contribution in [0.3, 0.4) is 0 Å². The van der Waals surface area contributed by atoms with Crippen LogP contribution in [-0.4, -0.2) is 75.7 Å². The number of halogens is 4. The van der Waals surface area contributed by atoms with Gasteiger partial charge in [-0.05, 0) is 50.1 Å². The summed E-state index contributed by atoms with van der Waals surface area (Å²) in [6.45, 7) is 4.66. The Morgan fingerprint density at radius 1 is 1.18 bits per heavy atom. The van der Waals surface area contributed by atoms with Crippen molar-refractivity contribution in [2.24, 2.45) is 0 Å². The molecule has 5 heterocycles. The van der Waals surface area contributed by atoms with Gasteiger partial charge in [-0.15, -0.1) is 0 Å². The van der Waals surface area contributed by atoms with Crippen molar-refractivity contribution >= 4 is 34.7 Å². The molecule has 45 heavy (non-hydrogen) atoms. The molecule has 6 rings (SSSR count). The standard InChI is InChI=1S/C30H31ClF3N7O4/c1-16-15-45-22(14-40(16)19-6-9-44-10-7-19)28-39-25(26-27(35)37-13-23(31)41(26)28)20-4-3-17(11-21(20)43-2)29(42)38-24-12-18(5-8-36-24)30(32,33)34/h3-5,8,11-13,16,19,22H,6-7,9-10,14-15H2,1-2H3,(H2,35,37)(H,36,38,42)/t16-,22+/m0/s1. The van der Waals surface area contributed by atoms with Crippen LogP contribution in [0.4, 0.5) is 24.8 Å². The first-order valence-electron chi connectivity index (χ1n) is 14.4. The topological polar surface area (TPSA) is 129 Å². The van der Waals surface area contributed by atoms with Crippen molar-refractivity contribution in [2.75, 3.05) is 44.5 Å². The first-order valence-corrected chi connectivity index (χ1v) is 14.7. The summed E-state index contributed by atoms with van der Waals surface area (Å²) in [5.41, 5.74) is 6.94. The molecule has 4 aromatic rings. The van der Waals surface area contributed by atoms with E-state index < -0.39 is 23.8 Å². The minimum Gasteiger partial charge on any atom is -0.496 e. The van der Waals surface area contributed by atoms with Gasteiger partial charge < -0.3 is 25.3 Å². The molecule has 1 aromatic carbocycles. The molecule has 238 valence electrons. The van der Waals surface area contributed by atoms with Crippen molar-refractivity contribution in [3.63, 3.8) is 0 Å². The number of imidazole rings is 1. The van der Waals surface area contributed by atoms with Crippen LogP contribution in [0.1, 0.15) is 47.6 Å². The molecule has 0 unspecified atom stereocenters. The number of pyridine rings is 1. The summed E-state index contributed by atoms with van der Waals surface area (Å²) in [5.74, 6) is 0.0742. The average molecular weight is 646 g/mol. The number of anilines is 2. The predicted molar refractivity (Wildman–Crippen MR) is 160 cm³/mol. The largest absolute Gasteiger partial charge is 0.496 e. The molecule has 1 amide bonds. The normalized spacial score (nSPS) is 20.0. The lowest BCUT2D eigenvalue weighted by Gasteiger charge is -2.43. The Balaban J connectivity index is 1.35. The smallest absolute Gasteiger partial charge is 0.416 e. The van der Waals surface area contributed by atoms with Gasteiger partial charge in [0, 0.05) is 49.2 Å². The molecule has 2 atom stereocenters. The Morgan fingerprint density at radius 2 is 1.96 bits per heavy atom. The van der Waals surface area contributed by atoms with Crippen molar-refractivity contribution < 1.29 is 32.2 Å². The fourth-order valence-corrected chi connectivity index (χ4v) is 6.10. The highest BCUT2D eigenvalue weighted by atomic mass is 35.5. The minimum absolute atomic E-state index is 0.124. The SMILES string of the molecule is COc1cc(C(=O)Nc2cc(C(F)(F)F)ccn2)ccc1-c1nc([C@H]2CN(C3CCOCC3)[C@@H](C)CO2)n2c(Cl)cnc(N)c12. The maximum Gasteiger partial charge on any atom is 0.416 e. The molecule has 0 saturated carbocycles. The molecule has 3 aromatic heterocycles. The molecule has 0 radical (unpaired) electrons.